The van der Waals surface area contributed by atoms with Crippen molar-refractivity contribution in [3.05, 3.63) is 62.5 Å². The molecule has 0 aliphatic rings. The zero-order valence-corrected chi connectivity index (χ0v) is 13.6. The van der Waals surface area contributed by atoms with Gasteiger partial charge in [0.2, 0.25) is 5.82 Å². The molecule has 0 N–H and O–H groups in total. The van der Waals surface area contributed by atoms with Gasteiger partial charge in [-0.05, 0) is 39.7 Å². The zero-order valence-electron chi connectivity index (χ0n) is 12.0. The highest BCUT2D eigenvalue weighted by Gasteiger charge is 2.24. The summed E-state index contributed by atoms with van der Waals surface area (Å²) >= 11 is 3.22. The fourth-order valence-electron chi connectivity index (χ4n) is 2.31. The number of halogens is 2. The Bertz CT molecular complexity index is 893. The van der Waals surface area contributed by atoms with E-state index in [9.17, 15) is 14.5 Å². The van der Waals surface area contributed by atoms with E-state index in [0.29, 0.717) is 16.4 Å². The minimum absolute atomic E-state index is 0.0235. The van der Waals surface area contributed by atoms with Crippen molar-refractivity contribution in [3.8, 4) is 5.75 Å². The van der Waals surface area contributed by atoms with Gasteiger partial charge in [-0.1, -0.05) is 12.1 Å². The van der Waals surface area contributed by atoms with Gasteiger partial charge in [-0.3, -0.25) is 14.8 Å². The molecule has 0 saturated heterocycles. The van der Waals surface area contributed by atoms with Crippen molar-refractivity contribution < 1.29 is 14.1 Å². The van der Waals surface area contributed by atoms with Crippen molar-refractivity contribution in [1.82, 2.24) is 9.78 Å². The minimum atomic E-state index is -0.913. The predicted molar refractivity (Wildman–Crippen MR) is 86.1 cm³/mol. The summed E-state index contributed by atoms with van der Waals surface area (Å²) in [6.45, 7) is 0.407. The Labute approximate surface area is 138 Å². The van der Waals surface area contributed by atoms with E-state index in [2.05, 4.69) is 21.0 Å². The molecule has 1 aromatic heterocycles. The van der Waals surface area contributed by atoms with Crippen LogP contribution in [0.25, 0.3) is 10.9 Å². The van der Waals surface area contributed by atoms with Gasteiger partial charge in [0.1, 0.15) is 5.75 Å². The third-order valence-electron chi connectivity index (χ3n) is 3.41. The number of ether oxygens (including phenoxy) is 1. The first-order valence-corrected chi connectivity index (χ1v) is 7.41. The first-order valence-electron chi connectivity index (χ1n) is 6.62. The molecule has 0 spiro atoms. The lowest BCUT2D eigenvalue weighted by molar-refractivity contribution is -0.385. The van der Waals surface area contributed by atoms with Crippen LogP contribution in [-0.4, -0.2) is 21.8 Å². The van der Waals surface area contributed by atoms with Gasteiger partial charge in [0.05, 0.1) is 18.6 Å². The van der Waals surface area contributed by atoms with Gasteiger partial charge in [0.15, 0.2) is 5.52 Å². The van der Waals surface area contributed by atoms with Gasteiger partial charge in [-0.2, -0.15) is 9.49 Å². The van der Waals surface area contributed by atoms with Crippen LogP contribution in [-0.2, 0) is 6.54 Å². The first-order chi connectivity index (χ1) is 11.0. The molecule has 118 valence electrons. The van der Waals surface area contributed by atoms with Crippen LogP contribution in [0.5, 0.6) is 5.75 Å². The number of hydrogen-bond donors (Lipinski definition) is 0. The quantitative estimate of drug-likeness (QED) is 0.509. The second-order valence-electron chi connectivity index (χ2n) is 4.88. The average molecular weight is 380 g/mol. The Morgan fingerprint density at radius 3 is 2.70 bits per heavy atom. The van der Waals surface area contributed by atoms with E-state index in [1.165, 1.54) is 0 Å². The number of nitro benzene ring substituents is 1. The highest BCUT2D eigenvalue weighted by molar-refractivity contribution is 9.10. The van der Waals surface area contributed by atoms with Crippen molar-refractivity contribution in [2.24, 2.45) is 0 Å². The molecule has 0 aliphatic carbocycles. The lowest BCUT2D eigenvalue weighted by Gasteiger charge is -2.03. The second-order valence-corrected chi connectivity index (χ2v) is 5.74. The third-order valence-corrected chi connectivity index (χ3v) is 4.07. The molecule has 0 aliphatic heterocycles. The van der Waals surface area contributed by atoms with Gasteiger partial charge >= 0.3 is 5.69 Å². The van der Waals surface area contributed by atoms with Gasteiger partial charge in [0, 0.05) is 16.1 Å². The molecule has 1 heterocycles. The number of fused-ring (bicyclic) bond motifs is 1. The number of methoxy groups -OCH3 is 1. The number of nitro groups is 1. The van der Waals surface area contributed by atoms with Gasteiger partial charge < -0.3 is 4.74 Å². The van der Waals surface area contributed by atoms with Crippen LogP contribution in [0.3, 0.4) is 0 Å². The summed E-state index contributed by atoms with van der Waals surface area (Å²) < 4.78 is 20.9. The van der Waals surface area contributed by atoms with Crippen LogP contribution < -0.4 is 4.74 Å². The lowest BCUT2D eigenvalue weighted by Crippen LogP contribution is -2.00. The lowest BCUT2D eigenvalue weighted by atomic mass is 10.2. The predicted octanol–water partition coefficient (Wildman–Crippen LogP) is 3.90. The largest absolute Gasteiger partial charge is 0.497 e. The number of aromatic nitrogens is 2. The maximum Gasteiger partial charge on any atom is 0.332 e. The molecule has 23 heavy (non-hydrogen) atoms. The Morgan fingerprint density at radius 2 is 2.09 bits per heavy atom. The number of rotatable bonds is 4. The van der Waals surface area contributed by atoms with E-state index in [4.69, 9.17) is 4.74 Å². The Kier molecular flexibility index (Phi) is 3.99. The molecular weight excluding hydrogens is 369 g/mol. The van der Waals surface area contributed by atoms with Crippen LogP contribution in [0.15, 0.2) is 41.0 Å². The summed E-state index contributed by atoms with van der Waals surface area (Å²) in [5.41, 5.74) is 0.352. The van der Waals surface area contributed by atoms with Gasteiger partial charge in [-0.15, -0.1) is 0 Å². The molecule has 3 rings (SSSR count). The topological polar surface area (TPSA) is 70.2 Å². The van der Waals surface area contributed by atoms with Crippen molar-refractivity contribution in [1.29, 1.82) is 0 Å². The Hall–Kier alpha value is -2.48. The fourth-order valence-corrected chi connectivity index (χ4v) is 2.81. The minimum Gasteiger partial charge on any atom is -0.497 e. The maximum absolute atomic E-state index is 13.8. The standard InChI is InChI=1S/C15H11BrFN3O3/c1-23-10-4-2-9(3-5-10)7-19-8-11-12(16)6-13(17)15(20(21)22)14(11)18-19/h2-6,8H,7H2,1H3. The maximum atomic E-state index is 13.8. The first kappa shape index (κ1) is 15.4. The highest BCUT2D eigenvalue weighted by atomic mass is 79.9. The van der Waals surface area contributed by atoms with Crippen molar-refractivity contribution in [2.45, 2.75) is 6.54 Å². The molecule has 8 heteroatoms. The van der Waals surface area contributed by atoms with Crippen molar-refractivity contribution in [3.63, 3.8) is 0 Å². The SMILES string of the molecule is COc1ccc(Cn2cc3c(Br)cc(F)c([N+](=O)[O-])c3n2)cc1. The van der Waals surface area contributed by atoms with Crippen molar-refractivity contribution in [2.75, 3.05) is 7.11 Å². The van der Waals surface area contributed by atoms with Gasteiger partial charge in [-0.25, -0.2) is 0 Å². The van der Waals surface area contributed by atoms with Crippen molar-refractivity contribution >= 4 is 32.5 Å². The fraction of sp³-hybridized carbons (Fsp3) is 0.133. The molecule has 0 unspecified atom stereocenters. The second kappa shape index (κ2) is 5.96. The van der Waals surface area contributed by atoms with E-state index in [1.54, 1.807) is 18.0 Å². The van der Waals surface area contributed by atoms with E-state index in [-0.39, 0.29) is 5.52 Å². The smallest absolute Gasteiger partial charge is 0.332 e. The molecule has 0 atom stereocenters. The van der Waals surface area contributed by atoms with E-state index >= 15 is 0 Å². The van der Waals surface area contributed by atoms with Crippen LogP contribution in [0.1, 0.15) is 5.56 Å². The summed E-state index contributed by atoms with van der Waals surface area (Å²) in [7, 11) is 1.58. The van der Waals surface area contributed by atoms with Crippen LogP contribution in [0.2, 0.25) is 0 Å². The zero-order chi connectivity index (χ0) is 16.6. The van der Waals surface area contributed by atoms with E-state index in [1.807, 2.05) is 24.3 Å². The van der Waals surface area contributed by atoms with Crippen LogP contribution >= 0.6 is 15.9 Å². The molecule has 0 saturated carbocycles. The molecule has 0 fully saturated rings. The summed E-state index contributed by atoms with van der Waals surface area (Å²) in [6.07, 6.45) is 1.65. The molecule has 0 bridgehead atoms. The molecule has 6 nitrogen and oxygen atoms in total. The molecule has 2 aromatic carbocycles. The average Bonchev–Trinajstić information content (AvgIpc) is 2.91. The molecule has 0 amide bonds. The van der Waals surface area contributed by atoms with Gasteiger partial charge in [0.25, 0.3) is 0 Å². The third kappa shape index (κ3) is 2.89. The summed E-state index contributed by atoms with van der Waals surface area (Å²) in [5.74, 6) is -0.177. The number of benzene rings is 2. The normalized spacial score (nSPS) is 10.9. The Morgan fingerprint density at radius 1 is 1.39 bits per heavy atom. The summed E-state index contributed by atoms with van der Waals surface area (Å²) in [5, 5.41) is 15.7. The molecule has 0 radical (unpaired) electrons. The number of nitrogens with zero attached hydrogens (tertiary/aromatic N) is 3. The molecule has 3 aromatic rings. The molecular formula is C15H11BrFN3O3. The van der Waals surface area contributed by atoms with E-state index in [0.717, 1.165) is 17.4 Å². The highest BCUT2D eigenvalue weighted by Crippen LogP contribution is 2.33. The summed E-state index contributed by atoms with van der Waals surface area (Å²) in [4.78, 5) is 10.3. The van der Waals surface area contributed by atoms with Crippen LogP contribution in [0.4, 0.5) is 10.1 Å². The number of hydrogen-bond acceptors (Lipinski definition) is 4. The monoisotopic (exact) mass is 379 g/mol. The summed E-state index contributed by atoms with van der Waals surface area (Å²) in [6, 6.07) is 8.46. The van der Waals surface area contributed by atoms with Crippen LogP contribution in [0, 0.1) is 15.9 Å². The van der Waals surface area contributed by atoms with E-state index < -0.39 is 16.4 Å². The Balaban J connectivity index is 2.03.